The Balaban J connectivity index is 0.000001000. The maximum absolute atomic E-state index is 12.7. The maximum Gasteiger partial charge on any atom is 0.319 e. The highest BCUT2D eigenvalue weighted by Crippen LogP contribution is 2.27. The Kier molecular flexibility index (Phi) is 6.64. The third-order valence-electron chi connectivity index (χ3n) is 4.11. The minimum Gasteiger partial charge on any atom is -0.316 e. The van der Waals surface area contributed by atoms with Crippen molar-refractivity contribution in [1.82, 2.24) is 19.8 Å². The number of alkyl halides is 2. The van der Waals surface area contributed by atoms with Crippen LogP contribution < -0.4 is 5.32 Å². The van der Waals surface area contributed by atoms with E-state index in [1.165, 1.54) is 12.4 Å². The fourth-order valence-electron chi connectivity index (χ4n) is 3.10. The van der Waals surface area contributed by atoms with Crippen LogP contribution in [0.5, 0.6) is 0 Å². The molecule has 8 heteroatoms. The second-order valence-corrected chi connectivity index (χ2v) is 5.23. The number of halogens is 4. The summed E-state index contributed by atoms with van der Waals surface area (Å²) in [5.74, 6) is 1.92. The van der Waals surface area contributed by atoms with Crippen molar-refractivity contribution in [3.63, 3.8) is 0 Å². The highest BCUT2D eigenvalue weighted by Gasteiger charge is 2.33. The zero-order valence-electron chi connectivity index (χ0n) is 11.0. The van der Waals surface area contributed by atoms with Crippen LogP contribution >= 0.6 is 24.8 Å². The first-order valence-corrected chi connectivity index (χ1v) is 6.47. The Bertz CT molecular complexity index is 416. The molecule has 3 heterocycles. The Labute approximate surface area is 129 Å². The van der Waals surface area contributed by atoms with Gasteiger partial charge in [-0.25, -0.2) is 4.98 Å². The van der Waals surface area contributed by atoms with Gasteiger partial charge in [0, 0.05) is 18.9 Å². The van der Waals surface area contributed by atoms with Crippen molar-refractivity contribution >= 4 is 24.8 Å². The van der Waals surface area contributed by atoms with Crippen LogP contribution in [0.4, 0.5) is 8.78 Å². The molecule has 0 saturated carbocycles. The average molecular weight is 329 g/mol. The molecule has 1 aromatic heterocycles. The van der Waals surface area contributed by atoms with Gasteiger partial charge in [0.05, 0.1) is 6.54 Å². The Hall–Kier alpha value is -0.430. The van der Waals surface area contributed by atoms with Crippen LogP contribution in [-0.4, -0.2) is 40.6 Å². The summed E-state index contributed by atoms with van der Waals surface area (Å²) in [6, 6.07) is 0. The number of aromatic nitrogens is 2. The Morgan fingerprint density at radius 3 is 2.80 bits per heavy atom. The highest BCUT2D eigenvalue weighted by atomic mass is 35.5. The van der Waals surface area contributed by atoms with Crippen LogP contribution in [0.25, 0.3) is 0 Å². The van der Waals surface area contributed by atoms with Crippen LogP contribution in [-0.2, 0) is 6.54 Å². The molecule has 4 nitrogen and oxygen atoms in total. The largest absolute Gasteiger partial charge is 0.319 e. The third-order valence-corrected chi connectivity index (χ3v) is 4.11. The molecule has 1 N–H and O–H groups in total. The highest BCUT2D eigenvalue weighted by molar-refractivity contribution is 5.85. The van der Waals surface area contributed by atoms with Gasteiger partial charge in [0.1, 0.15) is 5.82 Å². The number of nitrogens with zero attached hydrogens (tertiary/aromatic N) is 3. The summed E-state index contributed by atoms with van der Waals surface area (Å²) in [7, 11) is 0. The third kappa shape index (κ3) is 3.61. The molecule has 2 aliphatic rings. The number of fused-ring (bicyclic) bond motifs is 1. The number of likely N-dealkylation sites (tertiary alicyclic amines) is 1. The number of rotatable bonds is 3. The van der Waals surface area contributed by atoms with Crippen molar-refractivity contribution in [1.29, 1.82) is 0 Å². The number of nitrogens with one attached hydrogen (secondary N) is 1. The fourth-order valence-corrected chi connectivity index (χ4v) is 3.10. The predicted molar refractivity (Wildman–Crippen MR) is 77.7 cm³/mol. The van der Waals surface area contributed by atoms with E-state index in [2.05, 4.69) is 15.2 Å². The molecular formula is C12H20Cl2F2N4. The molecule has 2 atom stereocenters. The molecule has 20 heavy (non-hydrogen) atoms. The van der Waals surface area contributed by atoms with Gasteiger partial charge in [0.25, 0.3) is 0 Å². The van der Waals surface area contributed by atoms with Crippen LogP contribution in [0, 0.1) is 11.8 Å². The maximum atomic E-state index is 12.7. The van der Waals surface area contributed by atoms with Crippen LogP contribution in [0.1, 0.15) is 18.8 Å². The first kappa shape index (κ1) is 17.6. The predicted octanol–water partition coefficient (Wildman–Crippen LogP) is 2.16. The molecule has 0 radical (unpaired) electrons. The molecule has 2 fully saturated rings. The second-order valence-electron chi connectivity index (χ2n) is 5.23. The van der Waals surface area contributed by atoms with Crippen molar-refractivity contribution in [2.45, 2.75) is 19.5 Å². The fraction of sp³-hybridized carbons (Fsp3) is 0.750. The zero-order valence-corrected chi connectivity index (χ0v) is 12.7. The summed E-state index contributed by atoms with van der Waals surface area (Å²) in [5.41, 5.74) is 0. The summed E-state index contributed by atoms with van der Waals surface area (Å²) in [6.07, 6.45) is 3.96. The Morgan fingerprint density at radius 2 is 2.05 bits per heavy atom. The van der Waals surface area contributed by atoms with Crippen molar-refractivity contribution < 1.29 is 8.78 Å². The van der Waals surface area contributed by atoms with E-state index >= 15 is 0 Å². The molecule has 2 unspecified atom stereocenters. The van der Waals surface area contributed by atoms with Gasteiger partial charge in [-0.3, -0.25) is 9.47 Å². The lowest BCUT2D eigenvalue weighted by molar-refractivity contribution is 0.0608. The van der Waals surface area contributed by atoms with E-state index in [-0.39, 0.29) is 24.8 Å². The van der Waals surface area contributed by atoms with E-state index in [1.54, 1.807) is 0 Å². The standard InChI is InChI=1S/C12H18F2N4.2ClH/c13-12(14)18-4-2-16-11(18)8-17-3-1-9-5-15-6-10(9)7-17;;/h2,4,9-10,12,15H,1,3,5-8H2;2*1H. The monoisotopic (exact) mass is 328 g/mol. The van der Waals surface area contributed by atoms with E-state index in [0.717, 1.165) is 43.1 Å². The van der Waals surface area contributed by atoms with E-state index in [1.807, 2.05) is 0 Å². The molecule has 0 aliphatic carbocycles. The van der Waals surface area contributed by atoms with Gasteiger partial charge in [-0.05, 0) is 37.9 Å². The summed E-state index contributed by atoms with van der Waals surface area (Å²) in [6.45, 7) is 2.19. The van der Waals surface area contributed by atoms with E-state index in [0.29, 0.717) is 18.3 Å². The lowest BCUT2D eigenvalue weighted by Gasteiger charge is -2.34. The first-order valence-electron chi connectivity index (χ1n) is 6.47. The van der Waals surface area contributed by atoms with Gasteiger partial charge in [-0.15, -0.1) is 24.8 Å². The van der Waals surface area contributed by atoms with Gasteiger partial charge in [-0.2, -0.15) is 8.78 Å². The minimum atomic E-state index is -2.49. The molecule has 0 aromatic carbocycles. The number of piperidine rings is 1. The molecule has 0 amide bonds. The first-order chi connectivity index (χ1) is 8.74. The second kappa shape index (κ2) is 7.54. The van der Waals surface area contributed by atoms with Gasteiger partial charge in [0.15, 0.2) is 0 Å². The van der Waals surface area contributed by atoms with Gasteiger partial charge >= 0.3 is 6.55 Å². The number of imidazole rings is 1. The van der Waals surface area contributed by atoms with Crippen molar-refractivity contribution in [2.24, 2.45) is 11.8 Å². The van der Waals surface area contributed by atoms with Gasteiger partial charge in [0.2, 0.25) is 0 Å². The lowest BCUT2D eigenvalue weighted by atomic mass is 9.89. The normalized spacial score (nSPS) is 25.9. The van der Waals surface area contributed by atoms with E-state index in [4.69, 9.17) is 0 Å². The average Bonchev–Trinajstić information content (AvgIpc) is 2.96. The minimum absolute atomic E-state index is 0. The molecule has 3 rings (SSSR count). The van der Waals surface area contributed by atoms with E-state index in [9.17, 15) is 8.78 Å². The Morgan fingerprint density at radius 1 is 1.30 bits per heavy atom. The molecule has 0 spiro atoms. The molecule has 2 aliphatic heterocycles. The zero-order chi connectivity index (χ0) is 12.5. The molecule has 0 bridgehead atoms. The van der Waals surface area contributed by atoms with Crippen LogP contribution in [0.2, 0.25) is 0 Å². The van der Waals surface area contributed by atoms with Gasteiger partial charge < -0.3 is 5.32 Å². The molecular weight excluding hydrogens is 309 g/mol. The van der Waals surface area contributed by atoms with Crippen molar-refractivity contribution in [3.8, 4) is 0 Å². The topological polar surface area (TPSA) is 33.1 Å². The van der Waals surface area contributed by atoms with Crippen LogP contribution in [0.15, 0.2) is 12.4 Å². The van der Waals surface area contributed by atoms with Crippen LogP contribution in [0.3, 0.4) is 0 Å². The number of hydrogen-bond acceptors (Lipinski definition) is 3. The lowest BCUT2D eigenvalue weighted by Crippen LogP contribution is -2.40. The smallest absolute Gasteiger partial charge is 0.316 e. The van der Waals surface area contributed by atoms with Crippen molar-refractivity contribution in [2.75, 3.05) is 26.2 Å². The summed E-state index contributed by atoms with van der Waals surface area (Å²) >= 11 is 0. The quantitative estimate of drug-likeness (QED) is 0.923. The van der Waals surface area contributed by atoms with Gasteiger partial charge in [-0.1, -0.05) is 0 Å². The summed E-state index contributed by atoms with van der Waals surface area (Å²) < 4.78 is 26.4. The molecule has 116 valence electrons. The van der Waals surface area contributed by atoms with Crippen molar-refractivity contribution in [3.05, 3.63) is 18.2 Å². The SMILES string of the molecule is Cl.Cl.FC(F)n1ccnc1CN1CCC2CNCC2C1. The molecule has 1 aromatic rings. The number of hydrogen-bond donors (Lipinski definition) is 1. The summed E-state index contributed by atoms with van der Waals surface area (Å²) in [4.78, 5) is 6.29. The molecule has 2 saturated heterocycles. The van der Waals surface area contributed by atoms with E-state index < -0.39 is 6.55 Å². The summed E-state index contributed by atoms with van der Waals surface area (Å²) in [5, 5.41) is 3.41.